The van der Waals surface area contributed by atoms with Gasteiger partial charge in [0, 0.05) is 24.3 Å². The maximum absolute atomic E-state index is 13.2. The SMILES string of the molecule is CCOC(=O)c1cnc(-c2cccc(C(F)(F)F)c2)nc1N1CCC[C@H]2CCCC[C@H]21. The van der Waals surface area contributed by atoms with Crippen molar-refractivity contribution in [3.8, 4) is 11.4 Å². The predicted octanol–water partition coefficient (Wildman–Crippen LogP) is 5.50. The molecule has 1 aliphatic carbocycles. The van der Waals surface area contributed by atoms with Gasteiger partial charge in [0.1, 0.15) is 11.4 Å². The van der Waals surface area contributed by atoms with Crippen LogP contribution in [0.1, 0.15) is 61.4 Å². The molecule has 1 aromatic heterocycles. The number of esters is 1. The molecule has 0 unspecified atom stereocenters. The second-order valence-corrected chi connectivity index (χ2v) is 8.18. The van der Waals surface area contributed by atoms with E-state index in [9.17, 15) is 18.0 Å². The Morgan fingerprint density at radius 2 is 1.97 bits per heavy atom. The second-order valence-electron chi connectivity index (χ2n) is 8.18. The van der Waals surface area contributed by atoms with E-state index in [1.807, 2.05) is 0 Å². The van der Waals surface area contributed by atoms with Crippen molar-refractivity contribution in [2.45, 2.75) is 57.7 Å². The average molecular weight is 433 g/mol. The number of benzene rings is 1. The number of carbonyl (C=O) groups is 1. The number of nitrogens with zero attached hydrogens (tertiary/aromatic N) is 3. The van der Waals surface area contributed by atoms with Crippen molar-refractivity contribution in [2.75, 3.05) is 18.1 Å². The summed E-state index contributed by atoms with van der Waals surface area (Å²) in [5, 5.41) is 0. The van der Waals surface area contributed by atoms with Crippen LogP contribution in [0.2, 0.25) is 0 Å². The van der Waals surface area contributed by atoms with Gasteiger partial charge in [0.05, 0.1) is 12.2 Å². The third kappa shape index (κ3) is 4.52. The van der Waals surface area contributed by atoms with Crippen molar-refractivity contribution in [2.24, 2.45) is 5.92 Å². The van der Waals surface area contributed by atoms with Crippen molar-refractivity contribution >= 4 is 11.8 Å². The van der Waals surface area contributed by atoms with Crippen molar-refractivity contribution in [3.63, 3.8) is 0 Å². The maximum atomic E-state index is 13.2. The molecule has 2 aliphatic rings. The van der Waals surface area contributed by atoms with Crippen LogP contribution >= 0.6 is 0 Å². The number of carbonyl (C=O) groups excluding carboxylic acids is 1. The molecule has 1 saturated heterocycles. The molecule has 4 rings (SSSR count). The van der Waals surface area contributed by atoms with E-state index in [-0.39, 0.29) is 29.6 Å². The van der Waals surface area contributed by atoms with Crippen LogP contribution in [0.3, 0.4) is 0 Å². The van der Waals surface area contributed by atoms with Gasteiger partial charge in [-0.05, 0) is 50.7 Å². The smallest absolute Gasteiger partial charge is 0.416 e. The molecule has 0 N–H and O–H groups in total. The molecule has 2 fully saturated rings. The van der Waals surface area contributed by atoms with E-state index in [1.54, 1.807) is 13.0 Å². The van der Waals surface area contributed by atoms with Crippen LogP contribution in [0.25, 0.3) is 11.4 Å². The first-order valence-corrected chi connectivity index (χ1v) is 10.9. The van der Waals surface area contributed by atoms with E-state index in [1.165, 1.54) is 18.7 Å². The fourth-order valence-electron chi connectivity index (χ4n) is 4.81. The Morgan fingerprint density at radius 1 is 1.19 bits per heavy atom. The molecule has 5 nitrogen and oxygen atoms in total. The highest BCUT2D eigenvalue weighted by Crippen LogP contribution is 2.39. The molecule has 0 spiro atoms. The molecule has 31 heavy (non-hydrogen) atoms. The van der Waals surface area contributed by atoms with Crippen molar-refractivity contribution in [3.05, 3.63) is 41.6 Å². The average Bonchev–Trinajstić information content (AvgIpc) is 2.78. The minimum atomic E-state index is -4.45. The third-order valence-electron chi connectivity index (χ3n) is 6.23. The Labute approximate surface area is 179 Å². The summed E-state index contributed by atoms with van der Waals surface area (Å²) in [6, 6.07) is 5.24. The fourth-order valence-corrected chi connectivity index (χ4v) is 4.81. The van der Waals surface area contributed by atoms with E-state index < -0.39 is 17.7 Å². The second kappa shape index (κ2) is 8.85. The number of hydrogen-bond acceptors (Lipinski definition) is 5. The molecule has 0 bridgehead atoms. The highest BCUT2D eigenvalue weighted by molar-refractivity contribution is 5.95. The number of anilines is 1. The van der Waals surface area contributed by atoms with Gasteiger partial charge in [-0.1, -0.05) is 25.0 Å². The van der Waals surface area contributed by atoms with Crippen molar-refractivity contribution in [1.29, 1.82) is 0 Å². The first-order valence-electron chi connectivity index (χ1n) is 10.9. The Balaban J connectivity index is 1.77. The molecule has 2 heterocycles. The van der Waals surface area contributed by atoms with Gasteiger partial charge in [0.25, 0.3) is 0 Å². The van der Waals surface area contributed by atoms with Gasteiger partial charge in [-0.25, -0.2) is 14.8 Å². The van der Waals surface area contributed by atoms with E-state index >= 15 is 0 Å². The third-order valence-corrected chi connectivity index (χ3v) is 6.23. The van der Waals surface area contributed by atoms with Gasteiger partial charge in [0.2, 0.25) is 0 Å². The van der Waals surface area contributed by atoms with Gasteiger partial charge in [0.15, 0.2) is 5.82 Å². The Morgan fingerprint density at radius 3 is 2.74 bits per heavy atom. The quantitative estimate of drug-likeness (QED) is 0.596. The monoisotopic (exact) mass is 433 g/mol. The number of piperidine rings is 1. The van der Waals surface area contributed by atoms with Gasteiger partial charge in [-0.15, -0.1) is 0 Å². The summed E-state index contributed by atoms with van der Waals surface area (Å²) < 4.78 is 44.8. The van der Waals surface area contributed by atoms with Gasteiger partial charge in [-0.3, -0.25) is 0 Å². The van der Waals surface area contributed by atoms with Crippen LogP contribution in [-0.4, -0.2) is 35.1 Å². The lowest BCUT2D eigenvalue weighted by atomic mass is 9.78. The minimum absolute atomic E-state index is 0.173. The van der Waals surface area contributed by atoms with Gasteiger partial charge in [-0.2, -0.15) is 13.2 Å². The van der Waals surface area contributed by atoms with Crippen LogP contribution in [0.5, 0.6) is 0 Å². The number of rotatable bonds is 4. The Kier molecular flexibility index (Phi) is 6.16. The Hall–Kier alpha value is -2.64. The van der Waals surface area contributed by atoms with Gasteiger partial charge < -0.3 is 9.64 Å². The summed E-state index contributed by atoms with van der Waals surface area (Å²) >= 11 is 0. The molecule has 1 saturated carbocycles. The predicted molar refractivity (Wildman–Crippen MR) is 111 cm³/mol. The molecular weight excluding hydrogens is 407 g/mol. The highest BCUT2D eigenvalue weighted by Gasteiger charge is 2.36. The van der Waals surface area contributed by atoms with E-state index in [4.69, 9.17) is 4.74 Å². The summed E-state index contributed by atoms with van der Waals surface area (Å²) in [7, 11) is 0. The normalized spacial score (nSPS) is 21.5. The molecular formula is C23H26F3N3O2. The fraction of sp³-hybridized carbons (Fsp3) is 0.522. The molecule has 2 aromatic rings. The zero-order valence-electron chi connectivity index (χ0n) is 17.5. The molecule has 0 radical (unpaired) electrons. The zero-order valence-corrected chi connectivity index (χ0v) is 17.5. The maximum Gasteiger partial charge on any atom is 0.416 e. The lowest BCUT2D eigenvalue weighted by Gasteiger charge is -2.45. The summed E-state index contributed by atoms with van der Waals surface area (Å²) in [4.78, 5) is 23.6. The molecule has 8 heteroatoms. The Bertz CT molecular complexity index is 946. The zero-order chi connectivity index (χ0) is 22.0. The van der Waals surface area contributed by atoms with Crippen LogP contribution in [0, 0.1) is 5.92 Å². The number of aromatic nitrogens is 2. The summed E-state index contributed by atoms with van der Waals surface area (Å²) in [5.74, 6) is 0.681. The minimum Gasteiger partial charge on any atom is -0.462 e. The lowest BCUT2D eigenvalue weighted by molar-refractivity contribution is -0.137. The summed E-state index contributed by atoms with van der Waals surface area (Å²) in [5.41, 5.74) is -0.220. The summed E-state index contributed by atoms with van der Waals surface area (Å²) in [6.07, 6.45) is 3.59. The number of fused-ring (bicyclic) bond motifs is 1. The van der Waals surface area contributed by atoms with Crippen LogP contribution < -0.4 is 4.90 Å². The molecule has 2 atom stereocenters. The highest BCUT2D eigenvalue weighted by atomic mass is 19.4. The van der Waals surface area contributed by atoms with E-state index in [0.717, 1.165) is 50.8 Å². The van der Waals surface area contributed by atoms with Gasteiger partial charge >= 0.3 is 12.1 Å². The van der Waals surface area contributed by atoms with Crippen LogP contribution in [0.15, 0.2) is 30.5 Å². The van der Waals surface area contributed by atoms with E-state index in [2.05, 4.69) is 14.9 Å². The van der Waals surface area contributed by atoms with E-state index in [0.29, 0.717) is 11.7 Å². The number of hydrogen-bond donors (Lipinski definition) is 0. The van der Waals surface area contributed by atoms with Crippen molar-refractivity contribution < 1.29 is 22.7 Å². The number of halogens is 3. The van der Waals surface area contributed by atoms with Crippen LogP contribution in [0.4, 0.5) is 19.0 Å². The van der Waals surface area contributed by atoms with Crippen molar-refractivity contribution in [1.82, 2.24) is 9.97 Å². The molecule has 1 aromatic carbocycles. The summed E-state index contributed by atoms with van der Waals surface area (Å²) in [6.45, 7) is 2.71. The number of alkyl halides is 3. The largest absolute Gasteiger partial charge is 0.462 e. The number of ether oxygens (including phenoxy) is 1. The molecule has 0 amide bonds. The first kappa shape index (κ1) is 21.6. The van der Waals surface area contributed by atoms with Crippen LogP contribution in [-0.2, 0) is 10.9 Å². The first-order chi connectivity index (χ1) is 14.9. The topological polar surface area (TPSA) is 55.3 Å². The lowest BCUT2D eigenvalue weighted by Crippen LogP contribution is -2.48. The molecule has 166 valence electrons. The molecule has 1 aliphatic heterocycles. The standard InChI is InChI=1S/C23H26F3N3O2/c1-2-31-22(30)18-14-27-20(16-8-5-10-17(13-16)23(24,25)26)28-21(18)29-12-6-9-15-7-3-4-11-19(15)29/h5,8,10,13-15,19H,2-4,6-7,9,11-12H2,1H3/t15-,19-/m1/s1.